The smallest absolute Gasteiger partial charge is 0.407 e. The summed E-state index contributed by atoms with van der Waals surface area (Å²) < 4.78 is 5.51. The molecule has 2 aliphatic rings. The van der Waals surface area contributed by atoms with E-state index in [-0.39, 0.29) is 36.6 Å². The van der Waals surface area contributed by atoms with Crippen LogP contribution in [0.25, 0.3) is 11.1 Å². The number of amides is 2. The molecule has 0 radical (unpaired) electrons. The number of likely N-dealkylation sites (tertiary alicyclic amines) is 1. The Hall–Kier alpha value is -3.00. The summed E-state index contributed by atoms with van der Waals surface area (Å²) in [6.45, 7) is 1.29. The zero-order valence-electron chi connectivity index (χ0n) is 18.4. The van der Waals surface area contributed by atoms with Crippen LogP contribution in [0.1, 0.15) is 36.3 Å². The van der Waals surface area contributed by atoms with Crippen LogP contribution in [0.5, 0.6) is 0 Å². The highest BCUT2D eigenvalue weighted by Gasteiger charge is 2.30. The number of carboxylic acids is 1. The van der Waals surface area contributed by atoms with E-state index in [9.17, 15) is 14.4 Å². The van der Waals surface area contributed by atoms with Crippen molar-refractivity contribution in [1.82, 2.24) is 10.2 Å². The lowest BCUT2D eigenvalue weighted by Crippen LogP contribution is -2.38. The molecule has 0 saturated carbocycles. The fourth-order valence-electron chi connectivity index (χ4n) is 4.69. The first-order chi connectivity index (χ1) is 16.0. The first-order valence-electron chi connectivity index (χ1n) is 11.2. The molecule has 0 spiro atoms. The maximum absolute atomic E-state index is 12.4. The number of fused-ring (bicyclic) bond motifs is 3. The Bertz CT molecular complexity index is 982. The van der Waals surface area contributed by atoms with Gasteiger partial charge in [0.05, 0.1) is 12.2 Å². The van der Waals surface area contributed by atoms with Gasteiger partial charge in [0.25, 0.3) is 0 Å². The number of ether oxygens (including phenoxy) is 1. The number of alkyl carbamates (subject to hydrolysis) is 1. The molecule has 1 atom stereocenters. The Morgan fingerprint density at radius 1 is 1.06 bits per heavy atom. The fourth-order valence-corrected chi connectivity index (χ4v) is 5.43. The molecule has 174 valence electrons. The molecule has 2 N–H and O–H groups in total. The van der Waals surface area contributed by atoms with Gasteiger partial charge in [-0.25, -0.2) is 4.79 Å². The van der Waals surface area contributed by atoms with Gasteiger partial charge < -0.3 is 20.1 Å². The van der Waals surface area contributed by atoms with Gasteiger partial charge in [-0.15, -0.1) is 0 Å². The molecule has 0 bridgehead atoms. The van der Waals surface area contributed by atoms with Crippen molar-refractivity contribution in [3.05, 3.63) is 59.7 Å². The molecular formula is C25H28N2O5S. The second-order valence-electron chi connectivity index (χ2n) is 8.29. The van der Waals surface area contributed by atoms with E-state index < -0.39 is 12.1 Å². The summed E-state index contributed by atoms with van der Waals surface area (Å²) in [4.78, 5) is 37.2. The second-order valence-corrected chi connectivity index (χ2v) is 9.39. The Morgan fingerprint density at radius 2 is 1.73 bits per heavy atom. The Labute approximate surface area is 197 Å². The number of nitrogens with zero attached hydrogens (tertiary/aromatic N) is 1. The number of carboxylic acid groups (broad SMARTS) is 1. The summed E-state index contributed by atoms with van der Waals surface area (Å²) in [6, 6.07) is 16.2. The molecule has 0 aromatic heterocycles. The van der Waals surface area contributed by atoms with Crippen LogP contribution in [0.4, 0.5) is 4.79 Å². The molecular weight excluding hydrogens is 440 g/mol. The summed E-state index contributed by atoms with van der Waals surface area (Å²) >= 11 is 1.43. The maximum Gasteiger partial charge on any atom is 0.407 e. The zero-order chi connectivity index (χ0) is 23.2. The lowest BCUT2D eigenvalue weighted by Gasteiger charge is -2.23. The number of hydrogen-bond donors (Lipinski definition) is 2. The fraction of sp³-hybridized carbons (Fsp3) is 0.400. The van der Waals surface area contributed by atoms with Gasteiger partial charge in [0.15, 0.2) is 0 Å². The van der Waals surface area contributed by atoms with E-state index in [2.05, 4.69) is 29.6 Å². The van der Waals surface area contributed by atoms with Crippen LogP contribution >= 0.6 is 11.8 Å². The Balaban J connectivity index is 1.17. The quantitative estimate of drug-likeness (QED) is 0.545. The molecule has 1 aliphatic heterocycles. The highest BCUT2D eigenvalue weighted by molar-refractivity contribution is 7.99. The Morgan fingerprint density at radius 3 is 2.39 bits per heavy atom. The van der Waals surface area contributed by atoms with Crippen LogP contribution in [0.15, 0.2) is 48.5 Å². The van der Waals surface area contributed by atoms with Crippen molar-refractivity contribution in [3.8, 4) is 11.1 Å². The van der Waals surface area contributed by atoms with E-state index >= 15 is 0 Å². The summed E-state index contributed by atoms with van der Waals surface area (Å²) in [7, 11) is 0. The standard InChI is InChI=1S/C25H28N2O5S/c28-23(27-12-5-6-17(27)14-24(29)30)16-33-13-11-26-25(31)32-15-22-20-9-3-1-7-18(20)19-8-2-4-10-21(19)22/h1-4,7-10,17,22H,5-6,11-16H2,(H,26,31)(H,29,30)/t17-/m1/s1. The van der Waals surface area contributed by atoms with E-state index in [4.69, 9.17) is 9.84 Å². The van der Waals surface area contributed by atoms with E-state index in [1.807, 2.05) is 24.3 Å². The molecule has 1 fully saturated rings. The van der Waals surface area contributed by atoms with Gasteiger partial charge >= 0.3 is 12.1 Å². The van der Waals surface area contributed by atoms with E-state index in [1.165, 1.54) is 34.0 Å². The second kappa shape index (κ2) is 10.7. The summed E-state index contributed by atoms with van der Waals surface area (Å²) in [6.07, 6.45) is 1.12. The molecule has 2 aromatic rings. The van der Waals surface area contributed by atoms with Crippen molar-refractivity contribution < 1.29 is 24.2 Å². The molecule has 2 aromatic carbocycles. The summed E-state index contributed by atoms with van der Waals surface area (Å²) in [5.74, 6) is -0.0329. The van der Waals surface area contributed by atoms with Gasteiger partial charge in [-0.05, 0) is 35.1 Å². The number of thioether (sulfide) groups is 1. The number of nitrogens with one attached hydrogen (secondary N) is 1. The van der Waals surface area contributed by atoms with Crippen LogP contribution in [0, 0.1) is 0 Å². The molecule has 1 heterocycles. The number of aliphatic carboxylic acids is 1. The van der Waals surface area contributed by atoms with Crippen molar-refractivity contribution in [2.75, 3.05) is 31.2 Å². The molecule has 0 unspecified atom stereocenters. The molecule has 1 aliphatic carbocycles. The van der Waals surface area contributed by atoms with Crippen LogP contribution in [0.3, 0.4) is 0 Å². The summed E-state index contributed by atoms with van der Waals surface area (Å²) in [5.41, 5.74) is 4.71. The number of benzene rings is 2. The van der Waals surface area contributed by atoms with Gasteiger partial charge in [0.1, 0.15) is 6.61 Å². The van der Waals surface area contributed by atoms with Crippen LogP contribution in [-0.2, 0) is 14.3 Å². The first kappa shape index (κ1) is 23.2. The van der Waals surface area contributed by atoms with Gasteiger partial charge in [0, 0.05) is 30.8 Å². The van der Waals surface area contributed by atoms with Gasteiger partial charge in [-0.1, -0.05) is 48.5 Å². The molecule has 7 nitrogen and oxygen atoms in total. The molecule has 33 heavy (non-hydrogen) atoms. The van der Waals surface area contributed by atoms with Gasteiger partial charge in [0.2, 0.25) is 5.91 Å². The van der Waals surface area contributed by atoms with Crippen molar-refractivity contribution in [3.63, 3.8) is 0 Å². The normalized spacial score (nSPS) is 16.8. The largest absolute Gasteiger partial charge is 0.481 e. The topological polar surface area (TPSA) is 95.9 Å². The van der Waals surface area contributed by atoms with Gasteiger partial charge in [-0.3, -0.25) is 9.59 Å². The van der Waals surface area contributed by atoms with Crippen LogP contribution in [0.2, 0.25) is 0 Å². The monoisotopic (exact) mass is 468 g/mol. The summed E-state index contributed by atoms with van der Waals surface area (Å²) in [5, 5.41) is 11.7. The van der Waals surface area contributed by atoms with Crippen LogP contribution in [-0.4, -0.2) is 65.2 Å². The highest BCUT2D eigenvalue weighted by Crippen LogP contribution is 2.44. The first-order valence-corrected chi connectivity index (χ1v) is 12.4. The minimum absolute atomic E-state index is 0.000252. The third-order valence-electron chi connectivity index (χ3n) is 6.19. The predicted octanol–water partition coefficient (Wildman–Crippen LogP) is 3.72. The van der Waals surface area contributed by atoms with E-state index in [1.54, 1.807) is 4.90 Å². The van der Waals surface area contributed by atoms with Crippen molar-refractivity contribution in [1.29, 1.82) is 0 Å². The minimum Gasteiger partial charge on any atom is -0.481 e. The average Bonchev–Trinajstić information content (AvgIpc) is 3.39. The maximum atomic E-state index is 12.4. The van der Waals surface area contributed by atoms with Crippen molar-refractivity contribution in [2.45, 2.75) is 31.2 Å². The van der Waals surface area contributed by atoms with Gasteiger partial charge in [-0.2, -0.15) is 11.8 Å². The molecule has 1 saturated heterocycles. The SMILES string of the molecule is O=C(O)C[C@H]1CCCN1C(=O)CSCCNC(=O)OCC1c2ccccc2-c2ccccc21. The Kier molecular flexibility index (Phi) is 7.54. The average molecular weight is 469 g/mol. The third kappa shape index (κ3) is 5.50. The lowest BCUT2D eigenvalue weighted by molar-refractivity contribution is -0.139. The molecule has 2 amide bonds. The minimum atomic E-state index is -0.875. The third-order valence-corrected chi connectivity index (χ3v) is 7.14. The molecule has 4 rings (SSSR count). The zero-order valence-corrected chi connectivity index (χ0v) is 19.2. The van der Waals surface area contributed by atoms with Crippen LogP contribution < -0.4 is 5.32 Å². The number of hydrogen-bond acceptors (Lipinski definition) is 5. The number of rotatable bonds is 9. The number of carbonyl (C=O) groups excluding carboxylic acids is 2. The lowest BCUT2D eigenvalue weighted by atomic mass is 9.98. The molecule has 8 heteroatoms. The van der Waals surface area contributed by atoms with Crippen molar-refractivity contribution in [2.24, 2.45) is 0 Å². The van der Waals surface area contributed by atoms with E-state index in [0.29, 0.717) is 18.8 Å². The number of carbonyl (C=O) groups is 3. The predicted molar refractivity (Wildman–Crippen MR) is 127 cm³/mol. The van der Waals surface area contributed by atoms with E-state index in [0.717, 1.165) is 12.8 Å². The highest BCUT2D eigenvalue weighted by atomic mass is 32.2. The van der Waals surface area contributed by atoms with Crippen molar-refractivity contribution >= 4 is 29.7 Å².